The average Bonchev–Trinajstić information content (AvgIpc) is 3.16. The van der Waals surface area contributed by atoms with Crippen molar-refractivity contribution in [2.75, 3.05) is 18.5 Å². The molecule has 6 nitrogen and oxygen atoms in total. The maximum absolute atomic E-state index is 11.3. The van der Waals surface area contributed by atoms with Crippen molar-refractivity contribution in [3.05, 3.63) is 24.1 Å². The summed E-state index contributed by atoms with van der Waals surface area (Å²) in [7, 11) is 0. The molecule has 0 radical (unpaired) electrons. The van der Waals surface area contributed by atoms with E-state index in [1.165, 1.54) is 0 Å². The van der Waals surface area contributed by atoms with Crippen LogP contribution in [0.1, 0.15) is 24.7 Å². The number of amides is 1. The highest BCUT2D eigenvalue weighted by atomic mass is 16.6. The molecule has 0 atom stereocenters. The molecular weight excluding hydrogens is 248 g/mol. The molecule has 1 amide bonds. The second-order valence-corrected chi connectivity index (χ2v) is 4.49. The summed E-state index contributed by atoms with van der Waals surface area (Å²) in [5.74, 6) is 1.23. The van der Waals surface area contributed by atoms with E-state index in [2.05, 4.69) is 10.3 Å². The van der Waals surface area contributed by atoms with Crippen molar-refractivity contribution in [1.29, 1.82) is 0 Å². The number of aromatic nitrogens is 1. The van der Waals surface area contributed by atoms with Gasteiger partial charge in [0.05, 0.1) is 6.61 Å². The molecule has 0 unspecified atom stereocenters. The third-order valence-electron chi connectivity index (χ3n) is 2.90. The molecule has 0 spiro atoms. The molecule has 1 heterocycles. The summed E-state index contributed by atoms with van der Waals surface area (Å²) in [6.07, 6.45) is 1.66. The quantitative estimate of drug-likeness (QED) is 0.882. The zero-order valence-corrected chi connectivity index (χ0v) is 10.3. The maximum atomic E-state index is 11.3. The van der Waals surface area contributed by atoms with E-state index in [1.807, 2.05) is 0 Å². The molecule has 3 rings (SSSR count). The number of aliphatic hydroxyl groups excluding tert-OH is 1. The van der Waals surface area contributed by atoms with Crippen molar-refractivity contribution in [2.45, 2.75) is 18.8 Å². The van der Waals surface area contributed by atoms with Crippen molar-refractivity contribution in [3.63, 3.8) is 0 Å². The van der Waals surface area contributed by atoms with E-state index >= 15 is 0 Å². The fourth-order valence-corrected chi connectivity index (χ4v) is 1.82. The normalized spacial score (nSPS) is 14.6. The predicted octanol–water partition coefficient (Wildman–Crippen LogP) is 2.25. The molecule has 2 aromatic rings. The molecule has 1 saturated carbocycles. The lowest BCUT2D eigenvalue weighted by molar-refractivity contribution is 0.131. The minimum Gasteiger partial charge on any atom is -0.447 e. The number of carbonyl (C=O) groups excluding carboxylic acids is 1. The van der Waals surface area contributed by atoms with Crippen LogP contribution >= 0.6 is 0 Å². The molecule has 0 saturated heterocycles. The zero-order valence-electron chi connectivity index (χ0n) is 10.3. The van der Waals surface area contributed by atoms with Gasteiger partial charge in [-0.3, -0.25) is 5.32 Å². The number of ether oxygens (including phenoxy) is 1. The molecular formula is C13H14N2O4. The summed E-state index contributed by atoms with van der Waals surface area (Å²) >= 11 is 0. The van der Waals surface area contributed by atoms with E-state index in [0.29, 0.717) is 11.6 Å². The third-order valence-corrected chi connectivity index (χ3v) is 2.90. The zero-order chi connectivity index (χ0) is 13.2. The van der Waals surface area contributed by atoms with Gasteiger partial charge < -0.3 is 14.3 Å². The number of carbonyl (C=O) groups is 1. The Morgan fingerprint density at radius 3 is 3.11 bits per heavy atom. The van der Waals surface area contributed by atoms with Crippen molar-refractivity contribution in [3.8, 4) is 0 Å². The van der Waals surface area contributed by atoms with Crippen molar-refractivity contribution < 1.29 is 19.1 Å². The summed E-state index contributed by atoms with van der Waals surface area (Å²) in [5.41, 5.74) is 2.03. The van der Waals surface area contributed by atoms with Gasteiger partial charge >= 0.3 is 6.09 Å². The standard InChI is InChI=1S/C13H14N2O4/c16-5-6-18-13(17)14-9-3-4-11-10(7-9)15-12(19-11)8-1-2-8/h3-4,7-8,16H,1-2,5-6H2,(H,14,17). The lowest BCUT2D eigenvalue weighted by Gasteiger charge is -2.04. The Bertz CT molecular complexity index is 604. The first kappa shape index (κ1) is 12.0. The molecule has 2 N–H and O–H groups in total. The van der Waals surface area contributed by atoms with Crippen LogP contribution in [0.15, 0.2) is 22.6 Å². The van der Waals surface area contributed by atoms with Crippen LogP contribution in [-0.4, -0.2) is 29.4 Å². The molecule has 1 aromatic carbocycles. The van der Waals surface area contributed by atoms with Gasteiger partial charge in [-0.05, 0) is 31.0 Å². The number of hydrogen-bond donors (Lipinski definition) is 2. The molecule has 1 aliphatic carbocycles. The summed E-state index contributed by atoms with van der Waals surface area (Å²) in [6, 6.07) is 5.24. The highest BCUT2D eigenvalue weighted by Gasteiger charge is 2.28. The summed E-state index contributed by atoms with van der Waals surface area (Å²) < 4.78 is 10.3. The smallest absolute Gasteiger partial charge is 0.411 e. The van der Waals surface area contributed by atoms with Crippen LogP contribution in [0.3, 0.4) is 0 Å². The lowest BCUT2D eigenvalue weighted by Crippen LogP contribution is -2.15. The minimum atomic E-state index is -0.598. The Morgan fingerprint density at radius 1 is 1.53 bits per heavy atom. The number of nitrogens with zero attached hydrogens (tertiary/aromatic N) is 1. The first-order chi connectivity index (χ1) is 9.26. The Balaban J connectivity index is 1.75. The van der Waals surface area contributed by atoms with Gasteiger partial charge in [-0.15, -0.1) is 0 Å². The molecule has 0 aliphatic heterocycles. The van der Waals surface area contributed by atoms with Gasteiger partial charge in [0.15, 0.2) is 11.5 Å². The van der Waals surface area contributed by atoms with E-state index in [0.717, 1.165) is 29.8 Å². The van der Waals surface area contributed by atoms with Crippen LogP contribution in [0.4, 0.5) is 10.5 Å². The van der Waals surface area contributed by atoms with Crippen molar-refractivity contribution in [2.24, 2.45) is 0 Å². The Hall–Kier alpha value is -2.08. The third kappa shape index (κ3) is 2.68. The molecule has 0 bridgehead atoms. The summed E-state index contributed by atoms with van der Waals surface area (Å²) in [6.45, 7) is -0.218. The summed E-state index contributed by atoms with van der Waals surface area (Å²) in [4.78, 5) is 15.7. The van der Waals surface area contributed by atoms with E-state index in [-0.39, 0.29) is 13.2 Å². The molecule has 1 aromatic heterocycles. The van der Waals surface area contributed by atoms with Crippen LogP contribution in [0.2, 0.25) is 0 Å². The second kappa shape index (κ2) is 4.89. The van der Waals surface area contributed by atoms with E-state index < -0.39 is 6.09 Å². The number of rotatable bonds is 4. The number of fused-ring (bicyclic) bond motifs is 1. The van der Waals surface area contributed by atoms with Gasteiger partial charge in [0.25, 0.3) is 0 Å². The number of hydrogen-bond acceptors (Lipinski definition) is 5. The molecule has 1 fully saturated rings. The second-order valence-electron chi connectivity index (χ2n) is 4.49. The molecule has 6 heteroatoms. The Morgan fingerprint density at radius 2 is 2.37 bits per heavy atom. The van der Waals surface area contributed by atoms with E-state index in [1.54, 1.807) is 18.2 Å². The van der Waals surface area contributed by atoms with Gasteiger partial charge in [-0.2, -0.15) is 0 Å². The van der Waals surface area contributed by atoms with Gasteiger partial charge in [0.1, 0.15) is 12.1 Å². The molecule has 100 valence electrons. The first-order valence-corrected chi connectivity index (χ1v) is 6.21. The van der Waals surface area contributed by atoms with Crippen molar-refractivity contribution in [1.82, 2.24) is 4.98 Å². The minimum absolute atomic E-state index is 0.0239. The number of nitrogens with one attached hydrogen (secondary N) is 1. The van der Waals surface area contributed by atoms with Gasteiger partial charge in [0.2, 0.25) is 0 Å². The van der Waals surface area contributed by atoms with Gasteiger partial charge in [0, 0.05) is 11.6 Å². The fourth-order valence-electron chi connectivity index (χ4n) is 1.82. The van der Waals surface area contributed by atoms with Crippen LogP contribution < -0.4 is 5.32 Å². The summed E-state index contributed by atoms with van der Waals surface area (Å²) in [5, 5.41) is 11.1. The van der Waals surface area contributed by atoms with Crippen LogP contribution in [0, 0.1) is 0 Å². The lowest BCUT2D eigenvalue weighted by atomic mass is 10.3. The highest BCUT2D eigenvalue weighted by Crippen LogP contribution is 2.40. The number of anilines is 1. The first-order valence-electron chi connectivity index (χ1n) is 6.21. The fraction of sp³-hybridized carbons (Fsp3) is 0.385. The topological polar surface area (TPSA) is 84.6 Å². The largest absolute Gasteiger partial charge is 0.447 e. The predicted molar refractivity (Wildman–Crippen MR) is 68.0 cm³/mol. The average molecular weight is 262 g/mol. The Labute approximate surface area is 109 Å². The van der Waals surface area contributed by atoms with Gasteiger partial charge in [-0.1, -0.05) is 0 Å². The van der Waals surface area contributed by atoms with Gasteiger partial charge in [-0.25, -0.2) is 9.78 Å². The highest BCUT2D eigenvalue weighted by molar-refractivity contribution is 5.88. The Kier molecular flexibility index (Phi) is 3.08. The molecule has 1 aliphatic rings. The van der Waals surface area contributed by atoms with E-state index in [9.17, 15) is 4.79 Å². The van der Waals surface area contributed by atoms with Crippen molar-refractivity contribution >= 4 is 22.9 Å². The van der Waals surface area contributed by atoms with Crippen LogP contribution in [0.25, 0.3) is 11.1 Å². The maximum Gasteiger partial charge on any atom is 0.411 e. The SMILES string of the molecule is O=C(Nc1ccc2oc(C3CC3)nc2c1)OCCO. The number of aliphatic hydroxyl groups is 1. The van der Waals surface area contributed by atoms with Crippen LogP contribution in [0.5, 0.6) is 0 Å². The number of oxazole rings is 1. The van der Waals surface area contributed by atoms with E-state index in [4.69, 9.17) is 14.3 Å². The van der Waals surface area contributed by atoms with Crippen LogP contribution in [-0.2, 0) is 4.74 Å². The monoisotopic (exact) mass is 262 g/mol. The number of benzene rings is 1. The molecule has 19 heavy (non-hydrogen) atoms.